The third-order valence-corrected chi connectivity index (χ3v) is 4.73. The molecule has 0 radical (unpaired) electrons. The number of thioether (sulfide) groups is 1. The number of nitrogens with one attached hydrogen (secondary N) is 1. The van der Waals surface area contributed by atoms with E-state index in [0.29, 0.717) is 12.0 Å². The fourth-order valence-electron chi connectivity index (χ4n) is 2.56. The summed E-state index contributed by atoms with van der Waals surface area (Å²) < 4.78 is 34.2. The Balaban J connectivity index is 2.04. The molecule has 2 rings (SSSR count). The van der Waals surface area contributed by atoms with Crippen molar-refractivity contribution in [2.75, 3.05) is 20.2 Å². The van der Waals surface area contributed by atoms with Crippen LogP contribution >= 0.6 is 11.8 Å². The highest BCUT2D eigenvalue weighted by Gasteiger charge is 2.34. The second-order valence-electron chi connectivity index (χ2n) is 6.57. The lowest BCUT2D eigenvalue weighted by molar-refractivity contribution is -0.124. The summed E-state index contributed by atoms with van der Waals surface area (Å²) in [6.45, 7) is 1.08. The van der Waals surface area contributed by atoms with Gasteiger partial charge >= 0.3 is 6.61 Å². The van der Waals surface area contributed by atoms with E-state index in [4.69, 9.17) is 4.74 Å². The monoisotopic (exact) mass is 428 g/mol. The Bertz CT molecular complexity index is 814. The van der Waals surface area contributed by atoms with Crippen molar-refractivity contribution in [3.05, 3.63) is 28.7 Å². The van der Waals surface area contributed by atoms with Crippen molar-refractivity contribution >= 4 is 34.9 Å². The molecule has 1 aliphatic heterocycles. The van der Waals surface area contributed by atoms with Crippen molar-refractivity contribution in [1.29, 1.82) is 0 Å². The molecule has 0 unspecified atom stereocenters. The molecule has 0 bridgehead atoms. The maximum absolute atomic E-state index is 12.5. The lowest BCUT2D eigenvalue weighted by atomic mass is 10.1. The molecule has 1 aromatic rings. The Labute approximate surface area is 171 Å². The highest BCUT2D eigenvalue weighted by atomic mass is 32.2. The molecule has 1 aliphatic rings. The van der Waals surface area contributed by atoms with Crippen LogP contribution in [0.1, 0.15) is 25.8 Å². The van der Waals surface area contributed by atoms with Gasteiger partial charge in [-0.05, 0) is 41.5 Å². The van der Waals surface area contributed by atoms with Crippen molar-refractivity contribution in [3.63, 3.8) is 0 Å². The molecular weight excluding hydrogens is 406 g/mol. The third-order valence-electron chi connectivity index (χ3n) is 3.83. The molecule has 1 fully saturated rings. The van der Waals surface area contributed by atoms with E-state index in [2.05, 4.69) is 10.1 Å². The molecule has 3 amide bonds. The van der Waals surface area contributed by atoms with E-state index in [-0.39, 0.29) is 41.3 Å². The number of carbonyl (C=O) groups is 3. The van der Waals surface area contributed by atoms with Crippen LogP contribution in [-0.4, -0.2) is 48.8 Å². The van der Waals surface area contributed by atoms with Gasteiger partial charge in [0, 0.05) is 19.5 Å². The van der Waals surface area contributed by atoms with E-state index in [1.54, 1.807) is 0 Å². The summed E-state index contributed by atoms with van der Waals surface area (Å²) in [5, 5.41) is 2.24. The zero-order valence-corrected chi connectivity index (χ0v) is 17.1. The number of amides is 3. The lowest BCUT2D eigenvalue weighted by Crippen LogP contribution is -2.37. The quantitative estimate of drug-likeness (QED) is 0.606. The average Bonchev–Trinajstić information content (AvgIpc) is 2.89. The Hall–Kier alpha value is -2.62. The first kappa shape index (κ1) is 22.7. The summed E-state index contributed by atoms with van der Waals surface area (Å²) in [4.78, 5) is 37.5. The molecule has 0 aliphatic carbocycles. The number of hydrogen-bond acceptors (Lipinski definition) is 6. The Kier molecular flexibility index (Phi) is 8.00. The van der Waals surface area contributed by atoms with E-state index in [9.17, 15) is 23.2 Å². The number of nitrogens with zero attached hydrogens (tertiary/aromatic N) is 1. The SMILES string of the molecule is COc1cc(C=C2SC(=O)N(CCNC(=O)CC(C)C)C2=O)ccc1OC(F)F. The maximum atomic E-state index is 12.5. The molecule has 1 aromatic carbocycles. The molecule has 1 N–H and O–H groups in total. The van der Waals surface area contributed by atoms with E-state index in [0.717, 1.165) is 16.7 Å². The van der Waals surface area contributed by atoms with Crippen LogP contribution in [0, 0.1) is 5.92 Å². The minimum atomic E-state index is -2.99. The standard InChI is InChI=1S/C19H22F2N2O5S/c1-11(2)8-16(24)22-6-7-23-17(25)15(29-19(23)26)10-12-4-5-13(28-18(20)21)14(9-12)27-3/h4-5,9-11,18H,6-8H2,1-3H3,(H,22,24). The number of rotatable bonds is 9. The molecule has 1 heterocycles. The molecular formula is C19H22F2N2O5S. The molecule has 7 nitrogen and oxygen atoms in total. The van der Waals surface area contributed by atoms with Gasteiger partial charge in [-0.1, -0.05) is 19.9 Å². The van der Waals surface area contributed by atoms with Crippen molar-refractivity contribution in [2.45, 2.75) is 26.9 Å². The van der Waals surface area contributed by atoms with Crippen molar-refractivity contribution in [3.8, 4) is 11.5 Å². The highest BCUT2D eigenvalue weighted by molar-refractivity contribution is 8.18. The van der Waals surface area contributed by atoms with Crippen LogP contribution in [0.4, 0.5) is 13.6 Å². The van der Waals surface area contributed by atoms with E-state index < -0.39 is 17.8 Å². The van der Waals surface area contributed by atoms with Gasteiger partial charge in [0.25, 0.3) is 11.1 Å². The number of alkyl halides is 2. The van der Waals surface area contributed by atoms with Gasteiger partial charge in [-0.15, -0.1) is 0 Å². The van der Waals surface area contributed by atoms with Crippen LogP contribution in [0.2, 0.25) is 0 Å². The third kappa shape index (κ3) is 6.45. The number of ether oxygens (including phenoxy) is 2. The van der Waals surface area contributed by atoms with Gasteiger partial charge in [-0.2, -0.15) is 8.78 Å². The van der Waals surface area contributed by atoms with Gasteiger partial charge in [-0.3, -0.25) is 19.3 Å². The topological polar surface area (TPSA) is 84.9 Å². The van der Waals surface area contributed by atoms with E-state index in [1.165, 1.54) is 31.4 Å². The van der Waals surface area contributed by atoms with Crippen LogP contribution in [0.15, 0.2) is 23.1 Å². The maximum Gasteiger partial charge on any atom is 0.387 e. The smallest absolute Gasteiger partial charge is 0.387 e. The fourth-order valence-corrected chi connectivity index (χ4v) is 3.43. The molecule has 0 aromatic heterocycles. The molecule has 29 heavy (non-hydrogen) atoms. The minimum Gasteiger partial charge on any atom is -0.493 e. The largest absolute Gasteiger partial charge is 0.493 e. The van der Waals surface area contributed by atoms with Gasteiger partial charge in [0.1, 0.15) is 0 Å². The fraction of sp³-hybridized carbons (Fsp3) is 0.421. The van der Waals surface area contributed by atoms with E-state index >= 15 is 0 Å². The Morgan fingerprint density at radius 1 is 1.28 bits per heavy atom. The summed E-state index contributed by atoms with van der Waals surface area (Å²) >= 11 is 0.768. The molecule has 0 atom stereocenters. The van der Waals surface area contributed by atoms with Gasteiger partial charge in [-0.25, -0.2) is 0 Å². The zero-order valence-electron chi connectivity index (χ0n) is 16.2. The summed E-state index contributed by atoms with van der Waals surface area (Å²) in [6, 6.07) is 4.20. The number of carbonyl (C=O) groups excluding carboxylic acids is 3. The van der Waals surface area contributed by atoms with Gasteiger partial charge in [0.05, 0.1) is 12.0 Å². The van der Waals surface area contributed by atoms with Gasteiger partial charge < -0.3 is 14.8 Å². The number of imide groups is 1. The predicted octanol–water partition coefficient (Wildman–Crippen LogP) is 3.50. The van der Waals surface area contributed by atoms with Crippen LogP contribution in [0.5, 0.6) is 11.5 Å². The molecule has 158 valence electrons. The Morgan fingerprint density at radius 3 is 2.62 bits per heavy atom. The van der Waals surface area contributed by atoms with E-state index in [1.807, 2.05) is 13.8 Å². The molecule has 10 heteroatoms. The number of hydrogen-bond donors (Lipinski definition) is 1. The van der Waals surface area contributed by atoms with Gasteiger partial charge in [0.2, 0.25) is 5.91 Å². The molecule has 0 saturated carbocycles. The van der Waals surface area contributed by atoms with Gasteiger partial charge in [0.15, 0.2) is 11.5 Å². The minimum absolute atomic E-state index is 0.0658. The number of halogens is 2. The first-order valence-corrected chi connectivity index (χ1v) is 9.67. The number of methoxy groups -OCH3 is 1. The van der Waals surface area contributed by atoms with Crippen LogP contribution in [0.25, 0.3) is 6.08 Å². The Morgan fingerprint density at radius 2 is 2.00 bits per heavy atom. The second kappa shape index (κ2) is 10.2. The predicted molar refractivity (Wildman–Crippen MR) is 105 cm³/mol. The van der Waals surface area contributed by atoms with Crippen molar-refractivity contribution < 1.29 is 32.6 Å². The summed E-state index contributed by atoms with van der Waals surface area (Å²) in [5.41, 5.74) is 0.485. The highest BCUT2D eigenvalue weighted by Crippen LogP contribution is 2.34. The molecule has 1 saturated heterocycles. The first-order chi connectivity index (χ1) is 13.7. The van der Waals surface area contributed by atoms with Crippen LogP contribution in [0.3, 0.4) is 0 Å². The first-order valence-electron chi connectivity index (χ1n) is 8.86. The van der Waals surface area contributed by atoms with Crippen molar-refractivity contribution in [1.82, 2.24) is 10.2 Å². The normalized spacial score (nSPS) is 15.6. The average molecular weight is 428 g/mol. The number of benzene rings is 1. The summed E-state index contributed by atoms with van der Waals surface area (Å²) in [6.07, 6.45) is 1.84. The summed E-state index contributed by atoms with van der Waals surface area (Å²) in [5.74, 6) is -0.466. The van der Waals surface area contributed by atoms with Crippen LogP contribution < -0.4 is 14.8 Å². The lowest BCUT2D eigenvalue weighted by Gasteiger charge is -2.13. The van der Waals surface area contributed by atoms with Crippen LogP contribution in [-0.2, 0) is 9.59 Å². The van der Waals surface area contributed by atoms with Crippen molar-refractivity contribution in [2.24, 2.45) is 5.92 Å². The second-order valence-corrected chi connectivity index (χ2v) is 7.56. The molecule has 0 spiro atoms. The summed E-state index contributed by atoms with van der Waals surface area (Å²) in [7, 11) is 1.30. The zero-order chi connectivity index (χ0) is 21.6.